The number of thiophene rings is 1. The molecule has 1 heterocycles. The number of rotatable bonds is 2. The van der Waals surface area contributed by atoms with Crippen molar-refractivity contribution in [2.75, 3.05) is 0 Å². The topological polar surface area (TPSA) is 37.3 Å². The van der Waals surface area contributed by atoms with Crippen LogP contribution in [0, 0.1) is 2.88 Å². The highest BCUT2D eigenvalue weighted by atomic mass is 127. The molecule has 0 radical (unpaired) electrons. The Balaban J connectivity index is 2.71. The van der Waals surface area contributed by atoms with Gasteiger partial charge >= 0.3 is 5.97 Å². The fraction of sp³-hybridized carbons (Fsp3) is 0. The monoisotopic (exact) mass is 280 g/mol. The van der Waals surface area contributed by atoms with Crippen LogP contribution in [-0.2, 0) is 4.79 Å². The van der Waals surface area contributed by atoms with E-state index in [9.17, 15) is 4.79 Å². The summed E-state index contributed by atoms with van der Waals surface area (Å²) in [5.41, 5.74) is 0. The smallest absolute Gasteiger partial charge is 0.328 e. The summed E-state index contributed by atoms with van der Waals surface area (Å²) in [4.78, 5) is 11.1. The zero-order valence-electron chi connectivity index (χ0n) is 5.45. The van der Waals surface area contributed by atoms with Gasteiger partial charge in [-0.1, -0.05) is 0 Å². The molecule has 0 fully saturated rings. The van der Waals surface area contributed by atoms with Gasteiger partial charge in [0.15, 0.2) is 0 Å². The third kappa shape index (κ3) is 3.02. The Morgan fingerprint density at radius 2 is 2.36 bits per heavy atom. The van der Waals surface area contributed by atoms with Crippen molar-refractivity contribution < 1.29 is 9.90 Å². The average molecular weight is 280 g/mol. The molecule has 0 aliphatic carbocycles. The maximum Gasteiger partial charge on any atom is 0.328 e. The molecule has 0 unspecified atom stereocenters. The van der Waals surface area contributed by atoms with Crippen molar-refractivity contribution in [3.63, 3.8) is 0 Å². The van der Waals surface area contributed by atoms with Gasteiger partial charge in [0.05, 0.1) is 2.88 Å². The largest absolute Gasteiger partial charge is 0.478 e. The van der Waals surface area contributed by atoms with Gasteiger partial charge in [-0.15, -0.1) is 11.3 Å². The molecule has 2 nitrogen and oxygen atoms in total. The van der Waals surface area contributed by atoms with E-state index in [2.05, 4.69) is 22.6 Å². The van der Waals surface area contributed by atoms with E-state index in [0.29, 0.717) is 0 Å². The third-order valence-corrected chi connectivity index (χ3v) is 2.84. The number of carbonyl (C=O) groups is 1. The van der Waals surface area contributed by atoms with E-state index in [1.165, 1.54) is 0 Å². The zero-order valence-corrected chi connectivity index (χ0v) is 8.43. The van der Waals surface area contributed by atoms with Gasteiger partial charge < -0.3 is 5.11 Å². The van der Waals surface area contributed by atoms with E-state index < -0.39 is 5.97 Å². The summed E-state index contributed by atoms with van der Waals surface area (Å²) in [6.45, 7) is 0. The molecule has 0 atom stereocenters. The second-order valence-electron chi connectivity index (χ2n) is 1.81. The number of carboxylic acid groups (broad SMARTS) is 1. The predicted molar refractivity (Wildman–Crippen MR) is 53.7 cm³/mol. The summed E-state index contributed by atoms with van der Waals surface area (Å²) in [6, 6.07) is 3.85. The van der Waals surface area contributed by atoms with Crippen LogP contribution in [0.1, 0.15) is 4.88 Å². The van der Waals surface area contributed by atoms with Crippen LogP contribution in [0.5, 0.6) is 0 Å². The first-order valence-electron chi connectivity index (χ1n) is 2.85. The lowest BCUT2D eigenvalue weighted by Crippen LogP contribution is -1.84. The van der Waals surface area contributed by atoms with Crippen molar-refractivity contribution in [2.24, 2.45) is 0 Å². The summed E-state index contributed by atoms with van der Waals surface area (Å²) >= 11 is 3.76. The molecule has 0 spiro atoms. The van der Waals surface area contributed by atoms with Crippen LogP contribution in [0.3, 0.4) is 0 Å². The molecule has 0 bridgehead atoms. The predicted octanol–water partition coefficient (Wildman–Crippen LogP) is 2.45. The number of halogens is 1. The quantitative estimate of drug-likeness (QED) is 0.667. The second-order valence-corrected chi connectivity index (χ2v) is 4.82. The molecule has 0 amide bonds. The lowest BCUT2D eigenvalue weighted by Gasteiger charge is -1.79. The van der Waals surface area contributed by atoms with Crippen molar-refractivity contribution in [3.8, 4) is 0 Å². The van der Waals surface area contributed by atoms with E-state index in [1.807, 2.05) is 12.1 Å². The summed E-state index contributed by atoms with van der Waals surface area (Å²) in [7, 11) is 0. The molecule has 1 aromatic rings. The minimum atomic E-state index is -0.909. The Morgan fingerprint density at radius 1 is 1.64 bits per heavy atom. The van der Waals surface area contributed by atoms with Crippen molar-refractivity contribution in [2.45, 2.75) is 0 Å². The van der Waals surface area contributed by atoms with Gasteiger partial charge in [0.25, 0.3) is 0 Å². The van der Waals surface area contributed by atoms with Crippen LogP contribution in [0.25, 0.3) is 6.08 Å². The summed E-state index contributed by atoms with van der Waals surface area (Å²) < 4.78 is 1.16. The Kier molecular flexibility index (Phi) is 3.07. The highest BCUT2D eigenvalue weighted by molar-refractivity contribution is 14.1. The SMILES string of the molecule is O=C(O)/C=C/c1ccc(I)s1. The Labute approximate surface area is 81.7 Å². The van der Waals surface area contributed by atoms with E-state index >= 15 is 0 Å². The van der Waals surface area contributed by atoms with Gasteiger partial charge in [0, 0.05) is 11.0 Å². The maximum atomic E-state index is 10.1. The second kappa shape index (κ2) is 3.87. The van der Waals surface area contributed by atoms with E-state index in [-0.39, 0.29) is 0 Å². The van der Waals surface area contributed by atoms with Crippen LogP contribution < -0.4 is 0 Å². The number of hydrogen-bond donors (Lipinski definition) is 1. The number of aliphatic carboxylic acids is 1. The van der Waals surface area contributed by atoms with E-state index in [0.717, 1.165) is 13.8 Å². The molecule has 0 aromatic carbocycles. The first kappa shape index (κ1) is 8.73. The highest BCUT2D eigenvalue weighted by Crippen LogP contribution is 2.19. The first-order valence-corrected chi connectivity index (χ1v) is 4.74. The van der Waals surface area contributed by atoms with Crippen molar-refractivity contribution in [1.29, 1.82) is 0 Å². The lowest BCUT2D eigenvalue weighted by molar-refractivity contribution is -0.131. The van der Waals surface area contributed by atoms with Crippen LogP contribution in [0.2, 0.25) is 0 Å². The van der Waals surface area contributed by atoms with E-state index in [1.54, 1.807) is 17.4 Å². The molecular weight excluding hydrogens is 275 g/mol. The molecule has 11 heavy (non-hydrogen) atoms. The number of hydrogen-bond acceptors (Lipinski definition) is 2. The summed E-state index contributed by atoms with van der Waals surface area (Å²) in [6.07, 6.45) is 2.73. The number of carboxylic acids is 1. The molecule has 1 rings (SSSR count). The van der Waals surface area contributed by atoms with Gasteiger partial charge in [-0.2, -0.15) is 0 Å². The minimum absolute atomic E-state index is 0.909. The Bertz CT molecular complexity index is 290. The van der Waals surface area contributed by atoms with Crippen LogP contribution in [0.4, 0.5) is 0 Å². The third-order valence-electron chi connectivity index (χ3n) is 0.984. The molecule has 0 saturated carbocycles. The maximum absolute atomic E-state index is 10.1. The molecule has 0 aliphatic rings. The van der Waals surface area contributed by atoms with Gasteiger partial charge in [-0.3, -0.25) is 0 Å². The molecule has 0 aliphatic heterocycles. The summed E-state index contributed by atoms with van der Waals surface area (Å²) in [5, 5.41) is 8.30. The fourth-order valence-corrected chi connectivity index (χ4v) is 2.15. The molecule has 0 saturated heterocycles. The molecular formula is C7H5IO2S. The zero-order chi connectivity index (χ0) is 8.27. The van der Waals surface area contributed by atoms with E-state index in [4.69, 9.17) is 5.11 Å². The van der Waals surface area contributed by atoms with Gasteiger partial charge in [0.1, 0.15) is 0 Å². The normalized spacial score (nSPS) is 10.6. The minimum Gasteiger partial charge on any atom is -0.478 e. The Hall–Kier alpha value is -0.360. The highest BCUT2D eigenvalue weighted by Gasteiger charge is 1.92. The van der Waals surface area contributed by atoms with Crippen molar-refractivity contribution in [1.82, 2.24) is 0 Å². The standard InChI is InChI=1S/C7H5IO2S/c8-6-3-1-5(11-6)2-4-7(9)10/h1-4H,(H,9,10)/b4-2+. The van der Waals surface area contributed by atoms with Gasteiger partial charge in [-0.25, -0.2) is 4.79 Å². The molecule has 1 N–H and O–H groups in total. The van der Waals surface area contributed by atoms with Gasteiger partial charge in [-0.05, 0) is 40.8 Å². The van der Waals surface area contributed by atoms with Crippen molar-refractivity contribution in [3.05, 3.63) is 26.0 Å². The molecule has 1 aromatic heterocycles. The Morgan fingerprint density at radius 3 is 2.82 bits per heavy atom. The van der Waals surface area contributed by atoms with Crippen molar-refractivity contribution >= 4 is 46.0 Å². The van der Waals surface area contributed by atoms with Crippen LogP contribution in [-0.4, -0.2) is 11.1 Å². The fourth-order valence-electron chi connectivity index (χ4n) is 0.571. The molecule has 58 valence electrons. The van der Waals surface area contributed by atoms with Crippen LogP contribution >= 0.6 is 33.9 Å². The first-order chi connectivity index (χ1) is 5.18. The average Bonchev–Trinajstić information content (AvgIpc) is 2.31. The van der Waals surface area contributed by atoms with Crippen LogP contribution in [0.15, 0.2) is 18.2 Å². The van der Waals surface area contributed by atoms with Gasteiger partial charge in [0.2, 0.25) is 0 Å². The lowest BCUT2D eigenvalue weighted by atomic mass is 10.4. The molecule has 4 heteroatoms. The summed E-state index contributed by atoms with van der Waals surface area (Å²) in [5.74, 6) is -0.909.